The van der Waals surface area contributed by atoms with Gasteiger partial charge in [0.15, 0.2) is 11.8 Å². The van der Waals surface area contributed by atoms with Gasteiger partial charge in [-0.3, -0.25) is 0 Å². The van der Waals surface area contributed by atoms with Crippen LogP contribution in [0.25, 0.3) is 0 Å². The normalized spacial score (nSPS) is 10.8. The molecule has 0 atom stereocenters. The van der Waals surface area contributed by atoms with Crippen LogP contribution in [0.15, 0.2) is 22.1 Å². The van der Waals surface area contributed by atoms with Gasteiger partial charge in [-0.25, -0.2) is 9.38 Å². The van der Waals surface area contributed by atoms with Crippen LogP contribution >= 0.6 is 22.6 Å². The topological polar surface area (TPSA) is 127 Å². The fraction of sp³-hybridized carbons (Fsp3) is 0. The molecule has 0 aromatic heterocycles. The summed E-state index contributed by atoms with van der Waals surface area (Å²) in [7, 11) is 0. The van der Waals surface area contributed by atoms with Crippen molar-refractivity contribution in [2.24, 2.45) is 27.2 Å². The minimum absolute atomic E-state index is 0.0768. The molecule has 0 heterocycles. The average Bonchev–Trinajstić information content (AvgIpc) is 2.23. The summed E-state index contributed by atoms with van der Waals surface area (Å²) >= 11 is 1.77. The highest BCUT2D eigenvalue weighted by Crippen LogP contribution is 2.25. The van der Waals surface area contributed by atoms with Crippen molar-refractivity contribution >= 4 is 40.2 Å². The SMILES string of the molecule is N#Cc1c(N=C(N)N=C(N)N)ccc(I)c1F. The van der Waals surface area contributed by atoms with Gasteiger partial charge >= 0.3 is 0 Å². The second-order valence-corrected chi connectivity index (χ2v) is 4.04. The van der Waals surface area contributed by atoms with Crippen molar-refractivity contribution in [1.29, 1.82) is 5.26 Å². The molecule has 0 saturated heterocycles. The van der Waals surface area contributed by atoms with E-state index in [1.807, 2.05) is 0 Å². The molecule has 0 amide bonds. The molecule has 1 rings (SSSR count). The average molecular weight is 346 g/mol. The van der Waals surface area contributed by atoms with Crippen LogP contribution in [0, 0.1) is 20.7 Å². The van der Waals surface area contributed by atoms with Crippen molar-refractivity contribution in [3.63, 3.8) is 0 Å². The molecule has 8 heteroatoms. The molecule has 0 aliphatic heterocycles. The van der Waals surface area contributed by atoms with Gasteiger partial charge in [0.25, 0.3) is 0 Å². The first kappa shape index (κ1) is 13.2. The number of aliphatic imine (C=N–C) groups is 2. The van der Waals surface area contributed by atoms with Crippen molar-refractivity contribution in [2.75, 3.05) is 0 Å². The van der Waals surface area contributed by atoms with Crippen LogP contribution in [0.5, 0.6) is 0 Å². The Morgan fingerprint density at radius 3 is 2.53 bits per heavy atom. The summed E-state index contributed by atoms with van der Waals surface area (Å²) in [4.78, 5) is 7.22. The Morgan fingerprint density at radius 1 is 1.35 bits per heavy atom. The van der Waals surface area contributed by atoms with Crippen molar-refractivity contribution in [3.8, 4) is 6.07 Å². The maximum atomic E-state index is 13.6. The van der Waals surface area contributed by atoms with Crippen LogP contribution in [0.2, 0.25) is 0 Å². The van der Waals surface area contributed by atoms with E-state index in [1.165, 1.54) is 12.1 Å². The molecule has 6 N–H and O–H groups in total. The number of guanidine groups is 2. The Morgan fingerprint density at radius 2 is 2.00 bits per heavy atom. The Labute approximate surface area is 110 Å². The number of hydrogen-bond donors (Lipinski definition) is 3. The number of rotatable bonds is 1. The van der Waals surface area contributed by atoms with Crippen LogP contribution in [-0.2, 0) is 0 Å². The second-order valence-electron chi connectivity index (χ2n) is 2.87. The lowest BCUT2D eigenvalue weighted by Crippen LogP contribution is -2.26. The van der Waals surface area contributed by atoms with E-state index < -0.39 is 5.82 Å². The van der Waals surface area contributed by atoms with E-state index >= 15 is 0 Å². The molecular weight excluding hydrogens is 338 g/mol. The Bertz CT molecular complexity index is 541. The first-order valence-electron chi connectivity index (χ1n) is 4.27. The van der Waals surface area contributed by atoms with Crippen LogP contribution < -0.4 is 17.2 Å². The fourth-order valence-electron chi connectivity index (χ4n) is 1.02. The van der Waals surface area contributed by atoms with E-state index in [1.54, 1.807) is 28.7 Å². The van der Waals surface area contributed by atoms with Crippen molar-refractivity contribution in [1.82, 2.24) is 0 Å². The third-order valence-electron chi connectivity index (χ3n) is 1.66. The van der Waals surface area contributed by atoms with Gasteiger partial charge in [-0.05, 0) is 34.7 Å². The molecule has 88 valence electrons. The first-order valence-corrected chi connectivity index (χ1v) is 5.35. The number of halogens is 2. The molecule has 6 nitrogen and oxygen atoms in total. The smallest absolute Gasteiger partial charge is 0.223 e. The third kappa shape index (κ3) is 3.28. The van der Waals surface area contributed by atoms with Gasteiger partial charge in [-0.15, -0.1) is 0 Å². The molecule has 0 aliphatic rings. The fourth-order valence-corrected chi connectivity index (χ4v) is 1.47. The zero-order valence-electron chi connectivity index (χ0n) is 8.48. The Kier molecular flexibility index (Phi) is 4.22. The number of nitrogens with zero attached hydrogens (tertiary/aromatic N) is 3. The zero-order valence-corrected chi connectivity index (χ0v) is 10.6. The molecule has 0 aliphatic carbocycles. The van der Waals surface area contributed by atoms with Crippen molar-refractivity contribution in [3.05, 3.63) is 27.1 Å². The molecule has 1 aromatic carbocycles. The summed E-state index contributed by atoms with van der Waals surface area (Å²) in [6.45, 7) is 0. The summed E-state index contributed by atoms with van der Waals surface area (Å²) in [5, 5.41) is 8.83. The monoisotopic (exact) mass is 346 g/mol. The zero-order chi connectivity index (χ0) is 13.0. The van der Waals surface area contributed by atoms with E-state index in [0.29, 0.717) is 3.57 Å². The van der Waals surface area contributed by atoms with Crippen LogP contribution in [0.1, 0.15) is 5.56 Å². The van der Waals surface area contributed by atoms with Gasteiger partial charge in [0.05, 0.1) is 9.26 Å². The molecule has 0 radical (unpaired) electrons. The standard InChI is InChI=1S/C9H8FIN6/c10-7-4(3-12)6(2-1-5(7)11)16-9(15)17-8(13)14/h1-2H,(H6,13,14,15,16,17). The maximum Gasteiger partial charge on any atom is 0.223 e. The highest BCUT2D eigenvalue weighted by Gasteiger charge is 2.11. The van der Waals surface area contributed by atoms with E-state index in [9.17, 15) is 4.39 Å². The quantitative estimate of drug-likeness (QED) is 0.389. The Hall–Kier alpha value is -1.89. The van der Waals surface area contributed by atoms with E-state index in [4.69, 9.17) is 22.5 Å². The second kappa shape index (κ2) is 5.44. The van der Waals surface area contributed by atoms with Gasteiger partial charge in [0.1, 0.15) is 11.6 Å². The summed E-state index contributed by atoms with van der Waals surface area (Å²) in [5.41, 5.74) is 15.5. The first-order chi connectivity index (χ1) is 7.95. The minimum Gasteiger partial charge on any atom is -0.370 e. The summed E-state index contributed by atoms with van der Waals surface area (Å²) in [5.74, 6) is -1.16. The number of benzene rings is 1. The lowest BCUT2D eigenvalue weighted by Gasteiger charge is -2.01. The largest absolute Gasteiger partial charge is 0.370 e. The summed E-state index contributed by atoms with van der Waals surface area (Å²) in [6, 6.07) is 4.64. The molecule has 17 heavy (non-hydrogen) atoms. The summed E-state index contributed by atoms with van der Waals surface area (Å²) in [6.07, 6.45) is 0. The number of nitrogens with two attached hydrogens (primary N) is 3. The van der Waals surface area contributed by atoms with Crippen molar-refractivity contribution in [2.45, 2.75) is 0 Å². The minimum atomic E-state index is -0.646. The van der Waals surface area contributed by atoms with Gasteiger partial charge in [0, 0.05) is 0 Å². The van der Waals surface area contributed by atoms with E-state index in [-0.39, 0.29) is 23.2 Å². The molecule has 1 aromatic rings. The highest BCUT2D eigenvalue weighted by atomic mass is 127. The van der Waals surface area contributed by atoms with Crippen LogP contribution in [-0.4, -0.2) is 11.9 Å². The van der Waals surface area contributed by atoms with Gasteiger partial charge in [-0.2, -0.15) is 10.3 Å². The molecule has 0 fully saturated rings. The highest BCUT2D eigenvalue weighted by molar-refractivity contribution is 14.1. The summed E-state index contributed by atoms with van der Waals surface area (Å²) < 4.78 is 13.9. The maximum absolute atomic E-state index is 13.6. The van der Waals surface area contributed by atoms with E-state index in [2.05, 4.69) is 9.98 Å². The lowest BCUT2D eigenvalue weighted by molar-refractivity contribution is 0.617. The predicted molar refractivity (Wildman–Crippen MR) is 70.9 cm³/mol. The lowest BCUT2D eigenvalue weighted by atomic mass is 10.2. The molecule has 0 bridgehead atoms. The van der Waals surface area contributed by atoms with Gasteiger partial charge in [0.2, 0.25) is 5.96 Å². The molecular formula is C9H8FIN6. The molecule has 0 saturated carbocycles. The predicted octanol–water partition coefficient (Wildman–Crippen LogP) is 0.522. The van der Waals surface area contributed by atoms with Gasteiger partial charge in [-0.1, -0.05) is 0 Å². The van der Waals surface area contributed by atoms with Crippen LogP contribution in [0.4, 0.5) is 10.1 Å². The number of nitriles is 1. The molecule has 0 unspecified atom stereocenters. The van der Waals surface area contributed by atoms with Crippen molar-refractivity contribution < 1.29 is 4.39 Å². The Balaban J connectivity index is 3.31. The molecule has 0 spiro atoms. The van der Waals surface area contributed by atoms with Crippen LogP contribution in [0.3, 0.4) is 0 Å². The van der Waals surface area contributed by atoms with E-state index in [0.717, 1.165) is 0 Å². The van der Waals surface area contributed by atoms with Gasteiger partial charge < -0.3 is 17.2 Å². The number of hydrogen-bond acceptors (Lipinski definition) is 2. The third-order valence-corrected chi connectivity index (χ3v) is 2.50.